The molecule has 0 aromatic heterocycles. The largest absolute Gasteiger partial charge is 0.497 e. The second-order valence-corrected chi connectivity index (χ2v) is 7.15. The maximum absolute atomic E-state index is 13.4. The SMILES string of the molecule is COc1cccc(NC2=C(c3ccc(F)cc3)C(=O)N(CCCOC(C)C)C2=O)c1. The van der Waals surface area contributed by atoms with Crippen molar-refractivity contribution in [3.05, 3.63) is 65.6 Å². The molecule has 1 heterocycles. The highest BCUT2D eigenvalue weighted by atomic mass is 19.1. The number of nitrogens with zero attached hydrogens (tertiary/aromatic N) is 1. The van der Waals surface area contributed by atoms with Gasteiger partial charge in [-0.15, -0.1) is 0 Å². The molecule has 0 atom stereocenters. The van der Waals surface area contributed by atoms with E-state index in [4.69, 9.17) is 9.47 Å². The van der Waals surface area contributed by atoms with Gasteiger partial charge in [-0.1, -0.05) is 18.2 Å². The third kappa shape index (κ3) is 4.86. The highest BCUT2D eigenvalue weighted by molar-refractivity contribution is 6.36. The zero-order chi connectivity index (χ0) is 21.7. The average molecular weight is 412 g/mol. The van der Waals surface area contributed by atoms with Crippen LogP contribution in [0.25, 0.3) is 5.57 Å². The Morgan fingerprint density at radius 3 is 2.47 bits per heavy atom. The van der Waals surface area contributed by atoms with Gasteiger partial charge in [0.2, 0.25) is 0 Å². The third-order valence-corrected chi connectivity index (χ3v) is 4.62. The van der Waals surface area contributed by atoms with E-state index in [1.807, 2.05) is 13.8 Å². The summed E-state index contributed by atoms with van der Waals surface area (Å²) in [4.78, 5) is 27.4. The van der Waals surface area contributed by atoms with Gasteiger partial charge in [-0.2, -0.15) is 0 Å². The maximum atomic E-state index is 13.4. The summed E-state index contributed by atoms with van der Waals surface area (Å²) in [6.45, 7) is 4.53. The number of anilines is 1. The predicted octanol–water partition coefficient (Wildman–Crippen LogP) is 3.84. The van der Waals surface area contributed by atoms with Crippen LogP contribution >= 0.6 is 0 Å². The van der Waals surface area contributed by atoms with E-state index in [0.717, 1.165) is 0 Å². The fourth-order valence-corrected chi connectivity index (χ4v) is 3.17. The number of hydrogen-bond acceptors (Lipinski definition) is 5. The Bertz CT molecular complexity index is 954. The number of hydrogen-bond donors (Lipinski definition) is 1. The van der Waals surface area contributed by atoms with E-state index in [1.54, 1.807) is 31.4 Å². The van der Waals surface area contributed by atoms with Gasteiger partial charge in [0, 0.05) is 24.9 Å². The minimum absolute atomic E-state index is 0.0770. The van der Waals surface area contributed by atoms with Gasteiger partial charge < -0.3 is 14.8 Å². The standard InChI is InChI=1S/C23H25FN2O4/c1-15(2)30-13-5-12-26-22(27)20(16-8-10-17(24)11-9-16)21(23(26)28)25-18-6-4-7-19(14-18)29-3/h4,6-11,14-15,25H,5,12-13H2,1-3H3. The number of rotatable bonds is 9. The summed E-state index contributed by atoms with van der Waals surface area (Å²) in [7, 11) is 1.55. The summed E-state index contributed by atoms with van der Waals surface area (Å²) in [6.07, 6.45) is 0.604. The quantitative estimate of drug-likeness (QED) is 0.501. The van der Waals surface area contributed by atoms with Crippen molar-refractivity contribution < 1.29 is 23.5 Å². The Balaban J connectivity index is 1.90. The number of carbonyl (C=O) groups is 2. The molecule has 1 aliphatic rings. The first-order valence-electron chi connectivity index (χ1n) is 9.79. The molecular weight excluding hydrogens is 387 g/mol. The normalized spacial score (nSPS) is 14.1. The maximum Gasteiger partial charge on any atom is 0.278 e. The molecule has 0 saturated heterocycles. The molecule has 0 saturated carbocycles. The molecule has 158 valence electrons. The van der Waals surface area contributed by atoms with Crippen LogP contribution in [0.4, 0.5) is 10.1 Å². The lowest BCUT2D eigenvalue weighted by Gasteiger charge is -2.16. The van der Waals surface area contributed by atoms with Gasteiger partial charge in [-0.25, -0.2) is 4.39 Å². The number of nitrogens with one attached hydrogen (secondary N) is 1. The fourth-order valence-electron chi connectivity index (χ4n) is 3.17. The van der Waals surface area contributed by atoms with Gasteiger partial charge in [0.1, 0.15) is 17.3 Å². The molecule has 0 aliphatic carbocycles. The average Bonchev–Trinajstić information content (AvgIpc) is 2.96. The Morgan fingerprint density at radius 2 is 1.80 bits per heavy atom. The fraction of sp³-hybridized carbons (Fsp3) is 0.304. The van der Waals surface area contributed by atoms with Crippen LogP contribution in [0.5, 0.6) is 5.75 Å². The minimum atomic E-state index is -0.424. The highest BCUT2D eigenvalue weighted by Crippen LogP contribution is 2.31. The summed E-state index contributed by atoms with van der Waals surface area (Å²) in [6, 6.07) is 12.6. The van der Waals surface area contributed by atoms with E-state index in [1.165, 1.54) is 29.2 Å². The van der Waals surface area contributed by atoms with Crippen molar-refractivity contribution in [2.45, 2.75) is 26.4 Å². The smallest absolute Gasteiger partial charge is 0.278 e. The molecule has 0 spiro atoms. The first-order valence-corrected chi connectivity index (χ1v) is 9.79. The van der Waals surface area contributed by atoms with Crippen LogP contribution in [-0.4, -0.2) is 43.1 Å². The molecule has 6 nitrogen and oxygen atoms in total. The van der Waals surface area contributed by atoms with E-state index < -0.39 is 17.6 Å². The summed E-state index contributed by atoms with van der Waals surface area (Å²) in [5.74, 6) is -0.641. The van der Waals surface area contributed by atoms with E-state index in [0.29, 0.717) is 30.0 Å². The number of amides is 2. The first kappa shape index (κ1) is 21.5. The zero-order valence-corrected chi connectivity index (χ0v) is 17.3. The Labute approximate surface area is 175 Å². The number of ether oxygens (including phenoxy) is 2. The molecule has 2 amide bonds. The lowest BCUT2D eigenvalue weighted by atomic mass is 10.0. The Morgan fingerprint density at radius 1 is 1.07 bits per heavy atom. The van der Waals surface area contributed by atoms with E-state index >= 15 is 0 Å². The van der Waals surface area contributed by atoms with Crippen LogP contribution in [0, 0.1) is 5.82 Å². The lowest BCUT2D eigenvalue weighted by molar-refractivity contribution is -0.137. The monoisotopic (exact) mass is 412 g/mol. The minimum Gasteiger partial charge on any atom is -0.497 e. The van der Waals surface area contributed by atoms with Gasteiger partial charge in [-0.05, 0) is 50.1 Å². The number of imide groups is 1. The molecule has 1 N–H and O–H groups in total. The summed E-state index contributed by atoms with van der Waals surface area (Å²) < 4.78 is 24.1. The highest BCUT2D eigenvalue weighted by Gasteiger charge is 2.38. The second-order valence-electron chi connectivity index (χ2n) is 7.15. The Hall–Kier alpha value is -3.19. The molecule has 2 aromatic rings. The van der Waals surface area contributed by atoms with Crippen LogP contribution < -0.4 is 10.1 Å². The molecule has 30 heavy (non-hydrogen) atoms. The number of methoxy groups -OCH3 is 1. The molecule has 0 unspecified atom stereocenters. The van der Waals surface area contributed by atoms with E-state index in [9.17, 15) is 14.0 Å². The summed E-state index contributed by atoms with van der Waals surface area (Å²) in [5, 5.41) is 3.06. The van der Waals surface area contributed by atoms with Gasteiger partial charge in [-0.3, -0.25) is 14.5 Å². The zero-order valence-electron chi connectivity index (χ0n) is 17.3. The molecule has 7 heteroatoms. The number of halogens is 1. The van der Waals surface area contributed by atoms with E-state index in [2.05, 4.69) is 5.32 Å². The van der Waals surface area contributed by atoms with Gasteiger partial charge >= 0.3 is 0 Å². The van der Waals surface area contributed by atoms with Crippen molar-refractivity contribution in [1.29, 1.82) is 0 Å². The second kappa shape index (κ2) is 9.54. The van der Waals surface area contributed by atoms with Crippen molar-refractivity contribution >= 4 is 23.1 Å². The van der Waals surface area contributed by atoms with Crippen molar-refractivity contribution in [1.82, 2.24) is 4.90 Å². The van der Waals surface area contributed by atoms with E-state index in [-0.39, 0.29) is 23.9 Å². The predicted molar refractivity (Wildman–Crippen MR) is 112 cm³/mol. The van der Waals surface area contributed by atoms with Crippen LogP contribution in [0.1, 0.15) is 25.8 Å². The molecule has 0 bridgehead atoms. The first-order chi connectivity index (χ1) is 14.4. The van der Waals surface area contributed by atoms with Crippen molar-refractivity contribution in [2.24, 2.45) is 0 Å². The number of benzene rings is 2. The molecule has 3 rings (SSSR count). The molecule has 0 radical (unpaired) electrons. The van der Waals surface area contributed by atoms with Crippen LogP contribution in [0.15, 0.2) is 54.2 Å². The molecular formula is C23H25FN2O4. The molecule has 0 fully saturated rings. The van der Waals surface area contributed by atoms with Gasteiger partial charge in [0.25, 0.3) is 11.8 Å². The van der Waals surface area contributed by atoms with Crippen LogP contribution in [0.3, 0.4) is 0 Å². The number of carbonyl (C=O) groups excluding carboxylic acids is 2. The molecule has 2 aromatic carbocycles. The van der Waals surface area contributed by atoms with Crippen molar-refractivity contribution in [3.8, 4) is 5.75 Å². The van der Waals surface area contributed by atoms with Crippen molar-refractivity contribution in [3.63, 3.8) is 0 Å². The van der Waals surface area contributed by atoms with Gasteiger partial charge in [0.05, 0.1) is 18.8 Å². The van der Waals surface area contributed by atoms with Gasteiger partial charge in [0.15, 0.2) is 0 Å². The lowest BCUT2D eigenvalue weighted by Crippen LogP contribution is -2.34. The van der Waals surface area contributed by atoms with Crippen molar-refractivity contribution in [2.75, 3.05) is 25.6 Å². The Kier molecular flexibility index (Phi) is 6.84. The summed E-state index contributed by atoms with van der Waals surface area (Å²) >= 11 is 0. The molecule has 1 aliphatic heterocycles. The third-order valence-electron chi connectivity index (χ3n) is 4.62. The summed E-state index contributed by atoms with van der Waals surface area (Å²) in [5.41, 5.74) is 1.45. The van der Waals surface area contributed by atoms with Crippen LogP contribution in [0.2, 0.25) is 0 Å². The van der Waals surface area contributed by atoms with Crippen LogP contribution in [-0.2, 0) is 14.3 Å². The topological polar surface area (TPSA) is 67.9 Å².